The Morgan fingerprint density at radius 2 is 1.95 bits per heavy atom. The highest BCUT2D eigenvalue weighted by Gasteiger charge is 2.16. The molecule has 1 amide bonds. The fourth-order valence-corrected chi connectivity index (χ4v) is 1.91. The lowest BCUT2D eigenvalue weighted by Gasteiger charge is -2.19. The zero-order chi connectivity index (χ0) is 15.8. The van der Waals surface area contributed by atoms with Gasteiger partial charge in [-0.15, -0.1) is 0 Å². The van der Waals surface area contributed by atoms with Crippen LogP contribution in [0.15, 0.2) is 24.3 Å². The van der Waals surface area contributed by atoms with Crippen LogP contribution in [-0.4, -0.2) is 24.6 Å². The molecule has 21 heavy (non-hydrogen) atoms. The largest absolute Gasteiger partial charge is 0.481 e. The van der Waals surface area contributed by atoms with Gasteiger partial charge in [0, 0.05) is 12.6 Å². The summed E-state index contributed by atoms with van der Waals surface area (Å²) >= 11 is 0. The predicted octanol–water partition coefficient (Wildman–Crippen LogP) is 2.51. The van der Waals surface area contributed by atoms with Gasteiger partial charge in [0.2, 0.25) is 0 Å². The van der Waals surface area contributed by atoms with Crippen LogP contribution in [0.2, 0.25) is 0 Å². The molecule has 0 radical (unpaired) electrons. The van der Waals surface area contributed by atoms with E-state index in [0.29, 0.717) is 12.5 Å². The topological polar surface area (TPSA) is 64.3 Å². The fraction of sp³-hybridized carbons (Fsp3) is 0.588. The lowest BCUT2D eigenvalue weighted by molar-refractivity contribution is -0.127. The minimum Gasteiger partial charge on any atom is -0.481 e. The Morgan fingerprint density at radius 3 is 2.57 bits per heavy atom. The van der Waals surface area contributed by atoms with Crippen molar-refractivity contribution in [1.29, 1.82) is 0 Å². The first-order valence-corrected chi connectivity index (χ1v) is 7.71. The molecule has 0 saturated carbocycles. The molecule has 1 rings (SSSR count). The van der Waals surface area contributed by atoms with E-state index in [1.54, 1.807) is 6.92 Å². The molecule has 4 heteroatoms. The Hall–Kier alpha value is -1.55. The van der Waals surface area contributed by atoms with Gasteiger partial charge in [0.15, 0.2) is 6.10 Å². The molecular weight excluding hydrogens is 264 g/mol. The maximum atomic E-state index is 12.0. The number of rotatable bonds is 8. The number of carbonyl (C=O) groups excluding carboxylic acids is 1. The van der Waals surface area contributed by atoms with E-state index in [-0.39, 0.29) is 11.9 Å². The first kappa shape index (κ1) is 17.5. The number of amides is 1. The Kier molecular flexibility index (Phi) is 7.23. The van der Waals surface area contributed by atoms with E-state index in [4.69, 9.17) is 10.5 Å². The maximum absolute atomic E-state index is 12.0. The zero-order valence-electron chi connectivity index (χ0n) is 13.6. The smallest absolute Gasteiger partial charge is 0.260 e. The second-order valence-electron chi connectivity index (χ2n) is 5.88. The highest BCUT2D eigenvalue weighted by molar-refractivity contribution is 5.80. The summed E-state index contributed by atoms with van der Waals surface area (Å²) in [6, 6.07) is 7.89. The van der Waals surface area contributed by atoms with Crippen molar-refractivity contribution in [1.82, 2.24) is 5.32 Å². The Balaban J connectivity index is 2.67. The summed E-state index contributed by atoms with van der Waals surface area (Å²) in [7, 11) is 0. The minimum absolute atomic E-state index is 0.0849. The Bertz CT molecular complexity index is 446. The van der Waals surface area contributed by atoms with Crippen LogP contribution in [0.3, 0.4) is 0 Å². The van der Waals surface area contributed by atoms with Crippen LogP contribution in [0.1, 0.15) is 39.7 Å². The van der Waals surface area contributed by atoms with E-state index < -0.39 is 6.10 Å². The van der Waals surface area contributed by atoms with Crippen LogP contribution in [0.5, 0.6) is 5.75 Å². The predicted molar refractivity (Wildman–Crippen MR) is 86.4 cm³/mol. The van der Waals surface area contributed by atoms with Crippen LogP contribution in [0.25, 0.3) is 0 Å². The van der Waals surface area contributed by atoms with E-state index >= 15 is 0 Å². The Labute approximate surface area is 128 Å². The van der Waals surface area contributed by atoms with Crippen molar-refractivity contribution in [3.63, 3.8) is 0 Å². The molecule has 118 valence electrons. The molecule has 2 unspecified atom stereocenters. The zero-order valence-corrected chi connectivity index (χ0v) is 13.6. The quantitative estimate of drug-likeness (QED) is 0.774. The standard InChI is InChI=1S/C17H28N2O2/c1-5-15(18)10-14-8-6-7-9-16(14)21-13(4)17(20)19-11-12(2)3/h6-9,12-13,15H,5,10-11,18H2,1-4H3,(H,19,20). The maximum Gasteiger partial charge on any atom is 0.260 e. The first-order chi connectivity index (χ1) is 9.93. The summed E-state index contributed by atoms with van der Waals surface area (Å²) in [5.41, 5.74) is 7.06. The molecule has 0 aromatic heterocycles. The van der Waals surface area contributed by atoms with Gasteiger partial charge >= 0.3 is 0 Å². The molecule has 1 aromatic carbocycles. The average molecular weight is 292 g/mol. The van der Waals surface area contributed by atoms with E-state index in [0.717, 1.165) is 24.2 Å². The minimum atomic E-state index is -0.511. The summed E-state index contributed by atoms with van der Waals surface area (Å²) in [5, 5.41) is 2.88. The fourth-order valence-electron chi connectivity index (χ4n) is 1.91. The molecule has 2 atom stereocenters. The molecule has 0 aliphatic heterocycles. The summed E-state index contributed by atoms with van der Waals surface area (Å²) < 4.78 is 5.82. The van der Waals surface area contributed by atoms with Crippen molar-refractivity contribution >= 4 is 5.91 Å². The van der Waals surface area contributed by atoms with Crippen LogP contribution in [0, 0.1) is 5.92 Å². The monoisotopic (exact) mass is 292 g/mol. The van der Waals surface area contributed by atoms with E-state index in [2.05, 4.69) is 26.1 Å². The number of para-hydroxylation sites is 1. The molecule has 0 fully saturated rings. The molecule has 0 saturated heterocycles. The molecule has 3 N–H and O–H groups in total. The van der Waals surface area contributed by atoms with Crippen LogP contribution < -0.4 is 15.8 Å². The van der Waals surface area contributed by atoms with Gasteiger partial charge < -0.3 is 15.8 Å². The van der Waals surface area contributed by atoms with Crippen molar-refractivity contribution in [2.75, 3.05) is 6.54 Å². The lowest BCUT2D eigenvalue weighted by Crippen LogP contribution is -2.38. The highest BCUT2D eigenvalue weighted by atomic mass is 16.5. The van der Waals surface area contributed by atoms with Gasteiger partial charge in [0.25, 0.3) is 5.91 Å². The molecule has 0 bridgehead atoms. The number of hydrogen-bond donors (Lipinski definition) is 2. The summed E-state index contributed by atoms with van der Waals surface area (Å²) in [4.78, 5) is 12.0. The van der Waals surface area contributed by atoms with Crippen LogP contribution >= 0.6 is 0 Å². The second-order valence-corrected chi connectivity index (χ2v) is 5.88. The van der Waals surface area contributed by atoms with Gasteiger partial charge in [-0.25, -0.2) is 0 Å². The third-order valence-corrected chi connectivity index (χ3v) is 3.34. The van der Waals surface area contributed by atoms with Crippen molar-refractivity contribution in [2.24, 2.45) is 11.7 Å². The van der Waals surface area contributed by atoms with E-state index in [1.807, 2.05) is 24.3 Å². The van der Waals surface area contributed by atoms with Crippen molar-refractivity contribution in [3.8, 4) is 5.75 Å². The molecular formula is C17H28N2O2. The number of benzene rings is 1. The van der Waals surface area contributed by atoms with Crippen molar-refractivity contribution < 1.29 is 9.53 Å². The normalized spacial score (nSPS) is 13.8. The molecule has 0 spiro atoms. The van der Waals surface area contributed by atoms with Crippen molar-refractivity contribution in [2.45, 2.75) is 52.7 Å². The SMILES string of the molecule is CCC(N)Cc1ccccc1OC(C)C(=O)NCC(C)C. The number of carbonyl (C=O) groups is 1. The number of nitrogens with one attached hydrogen (secondary N) is 1. The second kappa shape index (κ2) is 8.67. The molecule has 0 aliphatic carbocycles. The highest BCUT2D eigenvalue weighted by Crippen LogP contribution is 2.21. The van der Waals surface area contributed by atoms with Gasteiger partial charge in [0.1, 0.15) is 5.75 Å². The van der Waals surface area contributed by atoms with Gasteiger partial charge in [-0.05, 0) is 37.3 Å². The van der Waals surface area contributed by atoms with Crippen LogP contribution in [-0.2, 0) is 11.2 Å². The molecule has 1 aromatic rings. The van der Waals surface area contributed by atoms with Crippen molar-refractivity contribution in [3.05, 3.63) is 29.8 Å². The number of hydrogen-bond acceptors (Lipinski definition) is 3. The molecule has 4 nitrogen and oxygen atoms in total. The van der Waals surface area contributed by atoms with Gasteiger partial charge in [0.05, 0.1) is 0 Å². The van der Waals surface area contributed by atoms with Crippen LogP contribution in [0.4, 0.5) is 0 Å². The van der Waals surface area contributed by atoms with Gasteiger partial charge in [-0.2, -0.15) is 0 Å². The first-order valence-electron chi connectivity index (χ1n) is 7.71. The van der Waals surface area contributed by atoms with E-state index in [9.17, 15) is 4.79 Å². The Morgan fingerprint density at radius 1 is 1.29 bits per heavy atom. The van der Waals surface area contributed by atoms with E-state index in [1.165, 1.54) is 0 Å². The summed E-state index contributed by atoms with van der Waals surface area (Å²) in [6.07, 6.45) is 1.16. The number of ether oxygens (including phenoxy) is 1. The lowest BCUT2D eigenvalue weighted by atomic mass is 10.0. The average Bonchev–Trinajstić information content (AvgIpc) is 2.46. The molecule has 0 heterocycles. The van der Waals surface area contributed by atoms with Gasteiger partial charge in [-0.1, -0.05) is 39.0 Å². The van der Waals surface area contributed by atoms with Gasteiger partial charge in [-0.3, -0.25) is 4.79 Å². The number of nitrogens with two attached hydrogens (primary N) is 1. The summed E-state index contributed by atoms with van der Waals surface area (Å²) in [6.45, 7) is 8.62. The molecule has 0 aliphatic rings. The summed E-state index contributed by atoms with van der Waals surface area (Å²) in [5.74, 6) is 1.09. The third-order valence-electron chi connectivity index (χ3n) is 3.34. The third kappa shape index (κ3) is 6.17.